The summed E-state index contributed by atoms with van der Waals surface area (Å²) in [7, 11) is 0. The quantitative estimate of drug-likeness (QED) is 0.0439. The molecule has 0 aromatic rings. The molecule has 3 aliphatic rings. The first-order valence-electron chi connectivity index (χ1n) is 28.2. The van der Waals surface area contributed by atoms with Crippen LogP contribution in [0.25, 0.3) is 0 Å². The van der Waals surface area contributed by atoms with Crippen LogP contribution in [-0.4, -0.2) is 250 Å². The smallest absolute Gasteiger partial charge is 0.352 e. The molecule has 2 N–H and O–H groups in total. The molecule has 0 aromatic carbocycles. The Labute approximate surface area is 618 Å². The summed E-state index contributed by atoms with van der Waals surface area (Å²) in [5.74, 6) is -157. The predicted octanol–water partition coefficient (Wildman–Crippen LogP) is 19.0. The van der Waals surface area contributed by atoms with Crippen LogP contribution in [0.3, 0.4) is 0 Å². The number of carbonyl (C=O) groups is 5. The lowest BCUT2D eigenvalue weighted by Crippen LogP contribution is -2.71. The Morgan fingerprint density at radius 2 is 0.471 bits per heavy atom. The van der Waals surface area contributed by atoms with Crippen molar-refractivity contribution in [3.8, 4) is 0 Å². The highest BCUT2D eigenvalue weighted by Crippen LogP contribution is 2.66. The van der Waals surface area contributed by atoms with Crippen molar-refractivity contribution in [2.45, 2.75) is 194 Å². The van der Waals surface area contributed by atoms with E-state index in [-0.39, 0.29) is 32.4 Å². The third-order valence-electron chi connectivity index (χ3n) is 14.7. The lowest BCUT2D eigenvalue weighted by Gasteiger charge is -2.39. The first-order valence-corrected chi connectivity index (χ1v) is 28.2. The second kappa shape index (κ2) is 33.4. The minimum absolute atomic E-state index is 0.0443. The van der Waals surface area contributed by atoms with Crippen LogP contribution in [0.5, 0.6) is 0 Å². The molecule has 3 rings (SSSR count). The van der Waals surface area contributed by atoms with Gasteiger partial charge in [0.1, 0.15) is 18.1 Å². The first-order chi connectivity index (χ1) is 51.3. The average molecular weight is 1890 g/mol. The van der Waals surface area contributed by atoms with Gasteiger partial charge in [-0.2, -0.15) is 250 Å². The van der Waals surface area contributed by atoms with Crippen molar-refractivity contribution < 1.29 is 274 Å². The lowest BCUT2D eigenvalue weighted by atomic mass is 9.92. The van der Waals surface area contributed by atoms with E-state index in [1.165, 1.54) is 0 Å². The Hall–Kier alpha value is -7.94. The summed E-state index contributed by atoms with van der Waals surface area (Å²) in [6.45, 7) is 8.31. The number of nitrogens with zero attached hydrogens (tertiary/aromatic N) is 3. The van der Waals surface area contributed by atoms with Crippen LogP contribution < -0.4 is 10.6 Å². The molecule has 3 heterocycles. The molecular weight excluding hydrogens is 1860 g/mol. The van der Waals surface area contributed by atoms with Crippen LogP contribution in [0.15, 0.2) is 62.3 Å². The van der Waals surface area contributed by atoms with Gasteiger partial charge in [0, 0.05) is 43.7 Å². The SMILES string of the molecule is C=C(C)C(=O)N1CC1C(F)(F)C(F)(F)C(F)(F)C(F)(F)C(F)(F)C(F)(F)F.C=C(C)C(=O)N1CC1C(F)(F)C(F)(F)C(F)(F)C(F)(F)F.C=CC(=O)N1CC1C(F)(F)C(F)(F)C(F)(F)C(F)(F)C(F)(F)C(F)(F)F.C=CC(=O)NCC(F)(F)C(F)(F)C(F)(F)C(F)(F)C(F)(F)C(F)(F)F.C=CC(=O)NCCC(F)(F)C(F)(F)C(F)(F)C(F)(F)F. The normalized spacial score (nSPS) is 18.1. The van der Waals surface area contributed by atoms with E-state index in [1.807, 2.05) is 0 Å². The van der Waals surface area contributed by atoms with Gasteiger partial charge in [-0.3, -0.25) is 24.0 Å². The lowest BCUT2D eigenvalue weighted by molar-refractivity contribution is -0.440. The van der Waals surface area contributed by atoms with Gasteiger partial charge < -0.3 is 25.3 Å². The fraction of sp³-hybridized carbons (Fsp3) is 0.712. The van der Waals surface area contributed by atoms with Crippen LogP contribution >= 0.6 is 0 Å². The third kappa shape index (κ3) is 19.6. The first kappa shape index (κ1) is 113. The zero-order valence-corrected chi connectivity index (χ0v) is 55.7. The Kier molecular flexibility index (Phi) is 31.7. The van der Waals surface area contributed by atoms with Crippen molar-refractivity contribution in [1.29, 1.82) is 0 Å². The number of nitrogens with one attached hydrogen (secondary N) is 2. The van der Waals surface area contributed by atoms with Gasteiger partial charge >= 0.3 is 155 Å². The number of hydrogen-bond donors (Lipinski definition) is 2. The highest BCUT2D eigenvalue weighted by Gasteiger charge is 2.96. The molecule has 0 aliphatic carbocycles. The standard InChI is InChI=1S/C12H8F13NO.C11H6F13NO.C10H6F13NO.C10H8F9NO.C9H8F9NO/c1-4(2)6(27)26-3-5(26)7(13,14)8(15,16)9(17,18)10(19,20)11(21,22)12(23,24)25;1-2-5(26)25-3-4(25)6(12,13)7(14,15)8(16,17)9(18,19)10(20,21)11(22,23)24;1-2-4(25)24-3-5(11,12)6(13,14)7(15,16)8(17,18)9(19,20)10(21,22)23;1-4(2)6(21)20-3-5(20)7(11,12)8(13,14)9(15,16)10(17,18)19;1-2-5(20)19-4-3-6(10,11)7(12,13)8(14,15)9(16,17)18/h5H,1,3H2,2H3;2,4H,1,3H2;2H,1,3H2,(H,24,25);5H,1,3H2,2H3;2H,1,3-4H2,(H,19,20). The minimum Gasteiger partial charge on any atom is -0.352 e. The molecule has 0 aromatic heterocycles. The minimum atomic E-state index is -7.95. The van der Waals surface area contributed by atoms with Crippen LogP contribution in [0.1, 0.15) is 20.3 Å². The molecule has 3 aliphatic heterocycles. The van der Waals surface area contributed by atoms with Gasteiger partial charge in [-0.1, -0.05) is 32.9 Å². The maximum absolute atomic E-state index is 13.7. The molecule has 3 fully saturated rings. The summed E-state index contributed by atoms with van der Waals surface area (Å²) in [5, 5.41) is 2.35. The molecule has 10 nitrogen and oxygen atoms in total. The van der Waals surface area contributed by atoms with Gasteiger partial charge in [0.15, 0.2) is 0 Å². The fourth-order valence-corrected chi connectivity index (χ4v) is 7.39. The summed E-state index contributed by atoms with van der Waals surface area (Å²) in [5.41, 5.74) is -0.892. The Bertz CT molecular complexity index is 3670. The second-order valence-corrected chi connectivity index (χ2v) is 23.3. The van der Waals surface area contributed by atoms with E-state index in [2.05, 4.69) is 32.9 Å². The maximum atomic E-state index is 13.7. The molecule has 67 heteroatoms. The van der Waals surface area contributed by atoms with E-state index >= 15 is 0 Å². The molecule has 3 atom stereocenters. The zero-order chi connectivity index (χ0) is 97.3. The van der Waals surface area contributed by atoms with E-state index in [1.54, 1.807) is 5.32 Å². The van der Waals surface area contributed by atoms with E-state index < -0.39 is 248 Å². The van der Waals surface area contributed by atoms with Crippen LogP contribution in [0, 0.1) is 0 Å². The zero-order valence-electron chi connectivity index (χ0n) is 55.7. The largest absolute Gasteiger partial charge is 0.460 e. The van der Waals surface area contributed by atoms with Crippen LogP contribution in [0.2, 0.25) is 0 Å². The maximum Gasteiger partial charge on any atom is 0.460 e. The van der Waals surface area contributed by atoms with Gasteiger partial charge in [0.25, 0.3) is 0 Å². The summed E-state index contributed by atoms with van der Waals surface area (Å²) in [6.07, 6.45) is -37.2. The van der Waals surface area contributed by atoms with Gasteiger partial charge in [0.05, 0.1) is 6.54 Å². The summed E-state index contributed by atoms with van der Waals surface area (Å²) in [6, 6.07) is -9.02. The molecule has 3 saturated heterocycles. The van der Waals surface area contributed by atoms with Crippen molar-refractivity contribution in [3.05, 3.63) is 62.3 Å². The number of amides is 5. The van der Waals surface area contributed by atoms with E-state index in [9.17, 15) is 274 Å². The highest BCUT2D eigenvalue weighted by molar-refractivity contribution is 5.95. The van der Waals surface area contributed by atoms with E-state index in [0.29, 0.717) is 6.08 Å². The van der Waals surface area contributed by atoms with Crippen LogP contribution in [-0.2, 0) is 24.0 Å². The number of halogens is 57. The molecule has 0 bridgehead atoms. The Balaban J connectivity index is 0. The molecule has 0 saturated carbocycles. The molecule has 5 amide bonds. The van der Waals surface area contributed by atoms with Gasteiger partial charge in [0.2, 0.25) is 29.5 Å². The fourth-order valence-electron chi connectivity index (χ4n) is 7.39. The Morgan fingerprint density at radius 3 is 0.706 bits per heavy atom. The monoisotopic (exact) mass is 1890 g/mol. The predicted molar refractivity (Wildman–Crippen MR) is 272 cm³/mol. The van der Waals surface area contributed by atoms with Crippen molar-refractivity contribution in [2.75, 3.05) is 32.7 Å². The molecule has 3 unspecified atom stereocenters. The highest BCUT2D eigenvalue weighted by atomic mass is 19.5. The number of alkyl halides is 57. The number of hydrogen-bond acceptors (Lipinski definition) is 5. The summed E-state index contributed by atoms with van der Waals surface area (Å²) in [4.78, 5) is 54.0. The topological polar surface area (TPSA) is 118 Å². The molecular formula is C52H36F57N5O5. The molecule has 0 radical (unpaired) electrons. The second-order valence-electron chi connectivity index (χ2n) is 23.3. The molecule has 0 spiro atoms. The summed E-state index contributed by atoms with van der Waals surface area (Å²) >= 11 is 0. The number of rotatable bonds is 29. The summed E-state index contributed by atoms with van der Waals surface area (Å²) < 4.78 is 724. The van der Waals surface area contributed by atoms with Crippen molar-refractivity contribution in [1.82, 2.24) is 25.3 Å². The molecule has 119 heavy (non-hydrogen) atoms. The number of carbonyl (C=O) groups excluding carboxylic acids is 5. The van der Waals surface area contributed by atoms with Gasteiger partial charge in [-0.25, -0.2) is 0 Å². The average Bonchev–Trinajstić information content (AvgIpc) is 1.65. The van der Waals surface area contributed by atoms with E-state index in [4.69, 9.17) is 0 Å². The molecule has 698 valence electrons. The van der Waals surface area contributed by atoms with Gasteiger partial charge in [-0.05, 0) is 32.1 Å². The Morgan fingerprint density at radius 1 is 0.277 bits per heavy atom. The van der Waals surface area contributed by atoms with E-state index in [0.717, 1.165) is 19.2 Å². The van der Waals surface area contributed by atoms with Crippen molar-refractivity contribution >= 4 is 29.5 Å². The van der Waals surface area contributed by atoms with Gasteiger partial charge in [-0.15, -0.1) is 0 Å². The van der Waals surface area contributed by atoms with Crippen LogP contribution in [0.4, 0.5) is 250 Å². The van der Waals surface area contributed by atoms with Crippen molar-refractivity contribution in [3.63, 3.8) is 0 Å². The third-order valence-corrected chi connectivity index (χ3v) is 14.7. The van der Waals surface area contributed by atoms with Crippen molar-refractivity contribution in [2.24, 2.45) is 0 Å².